The smallest absolute Gasteiger partial charge is 0.310 e. The van der Waals surface area contributed by atoms with E-state index in [2.05, 4.69) is 0 Å². The van der Waals surface area contributed by atoms with Crippen LogP contribution >= 0.6 is 0 Å². The molecule has 1 atom stereocenters. The monoisotopic (exact) mass is 151 g/mol. The second-order valence-corrected chi connectivity index (χ2v) is 2.30. The van der Waals surface area contributed by atoms with Crippen molar-refractivity contribution in [2.75, 3.05) is 0 Å². The molecule has 0 heterocycles. The zero-order valence-electron chi connectivity index (χ0n) is 7.24. The Morgan fingerprint density at radius 1 is 1.55 bits per heavy atom. The predicted molar refractivity (Wildman–Crippen MR) is 42.5 cm³/mol. The Bertz CT molecular complexity index is 280. The zero-order valence-corrected chi connectivity index (χ0v) is 6.24. The molecule has 1 unspecified atom stereocenters. The van der Waals surface area contributed by atoms with Crippen molar-refractivity contribution in [3.05, 3.63) is 35.9 Å². The second kappa shape index (κ2) is 3.19. The van der Waals surface area contributed by atoms with Crippen LogP contribution in [0.25, 0.3) is 0 Å². The molecule has 1 N–H and O–H groups in total. The Hall–Kier alpha value is -1.31. The van der Waals surface area contributed by atoms with Crippen LogP contribution in [0.3, 0.4) is 0 Å². The van der Waals surface area contributed by atoms with E-state index in [4.69, 9.17) is 6.48 Å². The molecular weight excluding hydrogens is 140 g/mol. The topological polar surface area (TPSA) is 37.3 Å². The number of hydrogen-bond donors (Lipinski definition) is 1. The van der Waals surface area contributed by atoms with Gasteiger partial charge in [0.15, 0.2) is 0 Å². The van der Waals surface area contributed by atoms with E-state index in [-0.39, 0.29) is 0 Å². The molecule has 0 aliphatic rings. The van der Waals surface area contributed by atoms with E-state index in [9.17, 15) is 4.79 Å². The molecule has 0 saturated heterocycles. The fourth-order valence-corrected chi connectivity index (χ4v) is 0.812. The Morgan fingerprint density at radius 2 is 2.09 bits per heavy atom. The van der Waals surface area contributed by atoms with Gasteiger partial charge < -0.3 is 5.11 Å². The van der Waals surface area contributed by atoms with Crippen molar-refractivity contribution < 1.29 is 11.3 Å². The van der Waals surface area contributed by atoms with Gasteiger partial charge in [0.1, 0.15) is 0 Å². The molecule has 0 aromatic heterocycles. The van der Waals surface area contributed by atoms with Gasteiger partial charge in [-0.3, -0.25) is 4.79 Å². The number of aliphatic carboxylic acids is 1. The van der Waals surface area contributed by atoms with Crippen LogP contribution < -0.4 is 0 Å². The summed E-state index contributed by atoms with van der Waals surface area (Å²) >= 11 is 0. The number of carbonyl (C=O) groups is 1. The summed E-state index contributed by atoms with van der Waals surface area (Å²) in [6.45, 7) is 1.37. The Kier molecular flexibility index (Phi) is 1.86. The van der Waals surface area contributed by atoms with Gasteiger partial charge in [0.2, 0.25) is 0 Å². The van der Waals surface area contributed by atoms with Crippen molar-refractivity contribution in [3.8, 4) is 0 Å². The van der Waals surface area contributed by atoms with E-state index in [0.717, 1.165) is 0 Å². The summed E-state index contributed by atoms with van der Waals surface area (Å²) in [5, 5.41) is 8.71. The standard InChI is InChI=1S/C9H10O2/c1-7(9(10)11)8-5-3-2-4-6-8/h2-7H,1H3,(H,10,11)/i7D. The Labute approximate surface area is 66.9 Å². The fourth-order valence-electron chi connectivity index (χ4n) is 0.812. The van der Waals surface area contributed by atoms with E-state index in [1.807, 2.05) is 0 Å². The van der Waals surface area contributed by atoms with Crippen LogP contribution in [0.2, 0.25) is 0 Å². The molecule has 58 valence electrons. The molecule has 0 radical (unpaired) electrons. The lowest BCUT2D eigenvalue weighted by molar-refractivity contribution is -0.138. The number of carboxylic acid groups (broad SMARTS) is 1. The first-order valence-corrected chi connectivity index (χ1v) is 3.34. The molecule has 0 bridgehead atoms. The van der Waals surface area contributed by atoms with Gasteiger partial charge >= 0.3 is 5.97 Å². The first-order chi connectivity index (χ1) is 5.55. The third kappa shape index (κ3) is 1.80. The van der Waals surface area contributed by atoms with E-state index >= 15 is 0 Å². The summed E-state index contributed by atoms with van der Waals surface area (Å²) in [5.74, 6) is -2.67. The van der Waals surface area contributed by atoms with E-state index < -0.39 is 11.9 Å². The molecule has 2 nitrogen and oxygen atoms in total. The summed E-state index contributed by atoms with van der Waals surface area (Å²) in [7, 11) is 0. The van der Waals surface area contributed by atoms with Gasteiger partial charge in [-0.1, -0.05) is 30.3 Å². The quantitative estimate of drug-likeness (QED) is 0.700. The molecule has 0 amide bonds. The molecule has 0 fully saturated rings. The Balaban J connectivity index is 3.06. The number of benzene rings is 1. The maximum atomic E-state index is 10.6. The molecular formula is C9H10O2. The lowest BCUT2D eigenvalue weighted by atomic mass is 10.0. The van der Waals surface area contributed by atoms with Gasteiger partial charge in [-0.25, -0.2) is 0 Å². The van der Waals surface area contributed by atoms with Crippen LogP contribution in [-0.4, -0.2) is 11.1 Å². The molecule has 2 heteroatoms. The minimum absolute atomic E-state index is 0.498. The molecule has 1 aromatic rings. The summed E-state index contributed by atoms with van der Waals surface area (Å²) < 4.78 is 7.52. The lowest BCUT2D eigenvalue weighted by Gasteiger charge is -2.04. The number of carboxylic acids is 1. The van der Waals surface area contributed by atoms with Crippen molar-refractivity contribution in [1.29, 1.82) is 0 Å². The van der Waals surface area contributed by atoms with Crippen molar-refractivity contribution >= 4 is 5.97 Å². The maximum absolute atomic E-state index is 10.6. The highest BCUT2D eigenvalue weighted by molar-refractivity contribution is 5.75. The van der Waals surface area contributed by atoms with Crippen molar-refractivity contribution in [3.63, 3.8) is 0 Å². The molecule has 1 rings (SSSR count). The largest absolute Gasteiger partial charge is 0.481 e. The zero-order chi connectivity index (χ0) is 9.19. The van der Waals surface area contributed by atoms with Gasteiger partial charge in [0.25, 0.3) is 0 Å². The maximum Gasteiger partial charge on any atom is 0.310 e. The molecule has 0 aliphatic heterocycles. The van der Waals surface area contributed by atoms with Crippen LogP contribution in [0.5, 0.6) is 0 Å². The third-order valence-electron chi connectivity index (χ3n) is 1.53. The van der Waals surface area contributed by atoms with Crippen LogP contribution in [0, 0.1) is 0 Å². The molecule has 11 heavy (non-hydrogen) atoms. The van der Waals surface area contributed by atoms with Gasteiger partial charge in [0, 0.05) is 1.37 Å². The molecule has 0 saturated carbocycles. The van der Waals surface area contributed by atoms with E-state index in [1.165, 1.54) is 6.92 Å². The van der Waals surface area contributed by atoms with Gasteiger partial charge in [0.05, 0.1) is 5.89 Å². The van der Waals surface area contributed by atoms with E-state index in [0.29, 0.717) is 5.56 Å². The highest BCUT2D eigenvalue weighted by Crippen LogP contribution is 2.13. The number of rotatable bonds is 2. The summed E-state index contributed by atoms with van der Waals surface area (Å²) in [4.78, 5) is 10.6. The second-order valence-electron chi connectivity index (χ2n) is 2.30. The molecule has 1 aromatic carbocycles. The summed E-state index contributed by atoms with van der Waals surface area (Å²) in [6, 6.07) is 8.53. The van der Waals surface area contributed by atoms with Gasteiger partial charge in [-0.05, 0) is 12.5 Å². The van der Waals surface area contributed by atoms with Crippen LogP contribution in [0.15, 0.2) is 30.3 Å². The predicted octanol–water partition coefficient (Wildman–Crippen LogP) is 1.87. The minimum atomic E-state index is -1.54. The SMILES string of the molecule is [2H]C(C)(C(=O)O)c1ccccc1. The normalized spacial score (nSPS) is 16.6. The first kappa shape index (κ1) is 6.40. The summed E-state index contributed by atoms with van der Waals surface area (Å²) in [5.41, 5.74) is 0.498. The summed E-state index contributed by atoms with van der Waals surface area (Å²) in [6.07, 6.45) is 0. The molecule has 0 spiro atoms. The van der Waals surface area contributed by atoms with E-state index in [1.54, 1.807) is 30.3 Å². The number of hydrogen-bond acceptors (Lipinski definition) is 1. The Morgan fingerprint density at radius 3 is 2.55 bits per heavy atom. The van der Waals surface area contributed by atoms with Crippen LogP contribution in [0.1, 0.15) is 19.8 Å². The molecule has 0 aliphatic carbocycles. The average Bonchev–Trinajstić information content (AvgIpc) is 2.06. The fraction of sp³-hybridized carbons (Fsp3) is 0.222. The van der Waals surface area contributed by atoms with Crippen molar-refractivity contribution in [1.82, 2.24) is 0 Å². The minimum Gasteiger partial charge on any atom is -0.481 e. The van der Waals surface area contributed by atoms with Gasteiger partial charge in [-0.2, -0.15) is 0 Å². The van der Waals surface area contributed by atoms with Crippen molar-refractivity contribution in [2.24, 2.45) is 0 Å². The lowest BCUT2D eigenvalue weighted by Crippen LogP contribution is -2.06. The third-order valence-corrected chi connectivity index (χ3v) is 1.53. The highest BCUT2D eigenvalue weighted by atomic mass is 16.4. The van der Waals surface area contributed by atoms with Crippen LogP contribution in [-0.2, 0) is 4.79 Å². The average molecular weight is 151 g/mol. The van der Waals surface area contributed by atoms with Crippen molar-refractivity contribution in [2.45, 2.75) is 12.8 Å². The van der Waals surface area contributed by atoms with Crippen LogP contribution in [0.4, 0.5) is 0 Å². The highest BCUT2D eigenvalue weighted by Gasteiger charge is 2.11. The first-order valence-electron chi connectivity index (χ1n) is 3.84. The van der Waals surface area contributed by atoms with Gasteiger partial charge in [-0.15, -0.1) is 0 Å².